The van der Waals surface area contributed by atoms with Crippen LogP contribution < -0.4 is 0 Å². The predicted molar refractivity (Wildman–Crippen MR) is 77.4 cm³/mol. The van der Waals surface area contributed by atoms with Crippen LogP contribution in [0.25, 0.3) is 0 Å². The molecule has 3 rings (SSSR count). The van der Waals surface area contributed by atoms with Crippen molar-refractivity contribution < 1.29 is 9.47 Å². The monoisotopic (exact) mass is 276 g/mol. The molecule has 110 valence electrons. The van der Waals surface area contributed by atoms with E-state index >= 15 is 0 Å². The van der Waals surface area contributed by atoms with Crippen molar-refractivity contribution >= 4 is 0 Å². The quantitative estimate of drug-likeness (QED) is 0.843. The Hall–Kier alpha value is -0.970. The number of ether oxygens (including phenoxy) is 2. The summed E-state index contributed by atoms with van der Waals surface area (Å²) >= 11 is 0. The van der Waals surface area contributed by atoms with Crippen LogP contribution in [0.4, 0.5) is 0 Å². The molecular formula is C16H24N2O2. The Balaban J connectivity index is 1.70. The second kappa shape index (κ2) is 6.20. The standard InChI is InChI=1S/C16H24N2O2/c1-19-13-16-7-4-10-20-15(16)6-9-18(12-16)11-14-5-2-3-8-17-14/h2-3,5,8,15H,4,6-7,9-13H2,1H3. The van der Waals surface area contributed by atoms with Crippen LogP contribution in [0, 0.1) is 5.41 Å². The Morgan fingerprint density at radius 3 is 3.25 bits per heavy atom. The van der Waals surface area contributed by atoms with E-state index in [4.69, 9.17) is 9.47 Å². The molecular weight excluding hydrogens is 252 g/mol. The molecule has 4 heteroatoms. The number of rotatable bonds is 4. The summed E-state index contributed by atoms with van der Waals surface area (Å²) in [6, 6.07) is 6.13. The van der Waals surface area contributed by atoms with E-state index in [2.05, 4.69) is 22.0 Å². The second-order valence-electron chi connectivity index (χ2n) is 6.08. The summed E-state index contributed by atoms with van der Waals surface area (Å²) in [4.78, 5) is 6.95. The van der Waals surface area contributed by atoms with Gasteiger partial charge in [0.05, 0.1) is 18.4 Å². The first-order valence-corrected chi connectivity index (χ1v) is 7.55. The molecule has 1 aromatic heterocycles. The second-order valence-corrected chi connectivity index (χ2v) is 6.08. The van der Waals surface area contributed by atoms with Crippen molar-refractivity contribution in [3.63, 3.8) is 0 Å². The number of hydrogen-bond acceptors (Lipinski definition) is 4. The maximum atomic E-state index is 6.01. The molecule has 4 nitrogen and oxygen atoms in total. The Morgan fingerprint density at radius 2 is 2.45 bits per heavy atom. The van der Waals surface area contributed by atoms with Crippen molar-refractivity contribution in [1.82, 2.24) is 9.88 Å². The van der Waals surface area contributed by atoms with Crippen LogP contribution in [0.5, 0.6) is 0 Å². The van der Waals surface area contributed by atoms with Crippen molar-refractivity contribution in [2.24, 2.45) is 5.41 Å². The van der Waals surface area contributed by atoms with E-state index in [1.807, 2.05) is 12.3 Å². The number of pyridine rings is 1. The Labute approximate surface area is 121 Å². The molecule has 3 heterocycles. The lowest BCUT2D eigenvalue weighted by Crippen LogP contribution is -2.56. The van der Waals surface area contributed by atoms with E-state index in [-0.39, 0.29) is 5.41 Å². The molecule has 0 N–H and O–H groups in total. The van der Waals surface area contributed by atoms with Crippen molar-refractivity contribution in [3.8, 4) is 0 Å². The zero-order valence-corrected chi connectivity index (χ0v) is 12.3. The first-order valence-electron chi connectivity index (χ1n) is 7.55. The first kappa shape index (κ1) is 14.0. The van der Waals surface area contributed by atoms with Crippen molar-refractivity contribution in [2.45, 2.75) is 31.9 Å². The van der Waals surface area contributed by atoms with Gasteiger partial charge < -0.3 is 9.47 Å². The molecule has 2 saturated heterocycles. The molecule has 0 amide bonds. The minimum Gasteiger partial charge on any atom is -0.384 e. The molecule has 1 aromatic rings. The zero-order chi connectivity index (χ0) is 13.8. The predicted octanol–water partition coefficient (Wildman–Crippen LogP) is 2.10. The number of methoxy groups -OCH3 is 1. The van der Waals surface area contributed by atoms with Gasteiger partial charge in [-0.1, -0.05) is 6.07 Å². The highest BCUT2D eigenvalue weighted by Crippen LogP contribution is 2.40. The van der Waals surface area contributed by atoms with Crippen LogP contribution in [0.3, 0.4) is 0 Å². The van der Waals surface area contributed by atoms with Crippen LogP contribution in [0.1, 0.15) is 25.0 Å². The van der Waals surface area contributed by atoms with Gasteiger partial charge in [-0.15, -0.1) is 0 Å². The maximum absolute atomic E-state index is 6.01. The van der Waals surface area contributed by atoms with Gasteiger partial charge in [0, 0.05) is 45.0 Å². The van der Waals surface area contributed by atoms with E-state index in [0.717, 1.165) is 51.4 Å². The summed E-state index contributed by atoms with van der Waals surface area (Å²) < 4.78 is 11.5. The van der Waals surface area contributed by atoms with Crippen LogP contribution in [0.2, 0.25) is 0 Å². The van der Waals surface area contributed by atoms with Gasteiger partial charge in [0.2, 0.25) is 0 Å². The Bertz CT molecular complexity index is 422. The van der Waals surface area contributed by atoms with Gasteiger partial charge in [0.15, 0.2) is 0 Å². The average Bonchev–Trinajstić information content (AvgIpc) is 2.48. The smallest absolute Gasteiger partial charge is 0.0677 e. The van der Waals surface area contributed by atoms with Gasteiger partial charge in [-0.25, -0.2) is 0 Å². The third-order valence-electron chi connectivity index (χ3n) is 4.61. The summed E-state index contributed by atoms with van der Waals surface area (Å²) in [6.45, 7) is 4.79. The third kappa shape index (κ3) is 2.87. The topological polar surface area (TPSA) is 34.6 Å². The van der Waals surface area contributed by atoms with Gasteiger partial charge in [-0.3, -0.25) is 9.88 Å². The number of likely N-dealkylation sites (tertiary alicyclic amines) is 1. The third-order valence-corrected chi connectivity index (χ3v) is 4.61. The molecule has 0 aliphatic carbocycles. The Kier molecular flexibility index (Phi) is 4.34. The number of aromatic nitrogens is 1. The normalized spacial score (nSPS) is 30.9. The van der Waals surface area contributed by atoms with Crippen LogP contribution in [-0.2, 0) is 16.0 Å². The van der Waals surface area contributed by atoms with E-state index in [9.17, 15) is 0 Å². The molecule has 0 saturated carbocycles. The van der Waals surface area contributed by atoms with E-state index in [0.29, 0.717) is 6.10 Å². The number of nitrogens with zero attached hydrogens (tertiary/aromatic N) is 2. The minimum atomic E-state index is 0.181. The molecule has 2 aliphatic heterocycles. The lowest BCUT2D eigenvalue weighted by molar-refractivity contribution is -0.149. The van der Waals surface area contributed by atoms with Crippen LogP contribution in [0.15, 0.2) is 24.4 Å². The molecule has 0 radical (unpaired) electrons. The van der Waals surface area contributed by atoms with Crippen LogP contribution >= 0.6 is 0 Å². The van der Waals surface area contributed by atoms with Gasteiger partial charge >= 0.3 is 0 Å². The molecule has 2 unspecified atom stereocenters. The molecule has 0 spiro atoms. The van der Waals surface area contributed by atoms with Gasteiger partial charge in [0.1, 0.15) is 0 Å². The zero-order valence-electron chi connectivity index (χ0n) is 12.3. The Morgan fingerprint density at radius 1 is 1.50 bits per heavy atom. The van der Waals surface area contributed by atoms with Crippen molar-refractivity contribution in [2.75, 3.05) is 33.4 Å². The lowest BCUT2D eigenvalue weighted by atomic mass is 9.73. The highest BCUT2D eigenvalue weighted by Gasteiger charge is 2.45. The van der Waals surface area contributed by atoms with Crippen LogP contribution in [-0.4, -0.2) is 49.4 Å². The highest BCUT2D eigenvalue weighted by molar-refractivity contribution is 5.05. The average molecular weight is 276 g/mol. The first-order chi connectivity index (χ1) is 9.82. The molecule has 2 fully saturated rings. The van der Waals surface area contributed by atoms with Crippen molar-refractivity contribution in [1.29, 1.82) is 0 Å². The number of fused-ring (bicyclic) bond motifs is 1. The highest BCUT2D eigenvalue weighted by atomic mass is 16.5. The summed E-state index contributed by atoms with van der Waals surface area (Å²) in [5, 5.41) is 0. The van der Waals surface area contributed by atoms with Gasteiger partial charge in [0.25, 0.3) is 0 Å². The summed E-state index contributed by atoms with van der Waals surface area (Å²) in [7, 11) is 1.80. The molecule has 20 heavy (non-hydrogen) atoms. The summed E-state index contributed by atoms with van der Waals surface area (Å²) in [6.07, 6.45) is 5.71. The fourth-order valence-electron chi connectivity index (χ4n) is 3.74. The molecule has 2 aliphatic rings. The maximum Gasteiger partial charge on any atom is 0.0677 e. The van der Waals surface area contributed by atoms with Gasteiger partial charge in [-0.05, 0) is 31.4 Å². The van der Waals surface area contributed by atoms with E-state index in [1.54, 1.807) is 7.11 Å². The van der Waals surface area contributed by atoms with E-state index < -0.39 is 0 Å². The molecule has 2 atom stereocenters. The SMILES string of the molecule is COCC12CCCOC1CCN(Cc1ccccn1)C2. The number of hydrogen-bond donors (Lipinski definition) is 0. The van der Waals surface area contributed by atoms with Crippen molar-refractivity contribution in [3.05, 3.63) is 30.1 Å². The summed E-state index contributed by atoms with van der Waals surface area (Å²) in [5.41, 5.74) is 1.33. The summed E-state index contributed by atoms with van der Waals surface area (Å²) in [5.74, 6) is 0. The minimum absolute atomic E-state index is 0.181. The van der Waals surface area contributed by atoms with E-state index in [1.165, 1.54) is 6.42 Å². The number of piperidine rings is 1. The fourth-order valence-corrected chi connectivity index (χ4v) is 3.74. The lowest BCUT2D eigenvalue weighted by Gasteiger charge is -2.50. The van der Waals surface area contributed by atoms with Gasteiger partial charge in [-0.2, -0.15) is 0 Å². The largest absolute Gasteiger partial charge is 0.384 e. The molecule has 0 aromatic carbocycles. The molecule has 0 bridgehead atoms. The fraction of sp³-hybridized carbons (Fsp3) is 0.688.